The van der Waals surface area contributed by atoms with E-state index in [1.807, 2.05) is 0 Å². The maximum Gasteiger partial charge on any atom is 0.234 e. The Balaban J connectivity index is 1.74. The van der Waals surface area contributed by atoms with Gasteiger partial charge in [0, 0.05) is 0 Å². The van der Waals surface area contributed by atoms with Crippen molar-refractivity contribution in [2.24, 2.45) is 5.92 Å². The third kappa shape index (κ3) is 4.06. The Bertz CT molecular complexity index is 362. The molecule has 100 valence electrons. The van der Waals surface area contributed by atoms with Crippen LogP contribution in [-0.4, -0.2) is 39.6 Å². The number of tetrazole rings is 1. The Hall–Kier alpha value is -1.50. The Morgan fingerprint density at radius 3 is 3.00 bits per heavy atom. The van der Waals surface area contributed by atoms with Crippen molar-refractivity contribution in [1.29, 1.82) is 0 Å². The van der Waals surface area contributed by atoms with Gasteiger partial charge in [0.2, 0.25) is 5.91 Å². The monoisotopic (exact) mass is 252 g/mol. The van der Waals surface area contributed by atoms with Crippen LogP contribution in [0.4, 0.5) is 0 Å². The molecule has 0 aliphatic heterocycles. The molecule has 0 spiro atoms. The Morgan fingerprint density at radius 2 is 2.39 bits per heavy atom. The molecule has 1 heterocycles. The summed E-state index contributed by atoms with van der Waals surface area (Å²) >= 11 is 0. The van der Waals surface area contributed by atoms with Crippen LogP contribution in [0.2, 0.25) is 0 Å². The van der Waals surface area contributed by atoms with Crippen LogP contribution in [0.1, 0.15) is 44.5 Å². The number of nitrogens with one attached hydrogen (secondary N) is 3. The highest BCUT2D eigenvalue weighted by molar-refractivity contribution is 5.78. The molecule has 0 radical (unpaired) electrons. The number of amides is 1. The molecule has 7 heteroatoms. The van der Waals surface area contributed by atoms with Crippen LogP contribution < -0.4 is 10.6 Å². The minimum Gasteiger partial charge on any atom is -0.345 e. The number of aromatic amines is 1. The summed E-state index contributed by atoms with van der Waals surface area (Å²) in [5.74, 6) is 1.31. The van der Waals surface area contributed by atoms with Crippen molar-refractivity contribution in [2.45, 2.75) is 38.6 Å². The quantitative estimate of drug-likeness (QED) is 0.612. The normalized spacial score (nSPS) is 16.5. The summed E-state index contributed by atoms with van der Waals surface area (Å²) in [4.78, 5) is 11.8. The van der Waals surface area contributed by atoms with Crippen LogP contribution in [-0.2, 0) is 4.79 Å². The lowest BCUT2D eigenvalue weighted by molar-refractivity contribution is -0.121. The van der Waals surface area contributed by atoms with E-state index >= 15 is 0 Å². The van der Waals surface area contributed by atoms with Gasteiger partial charge in [0.1, 0.15) is 0 Å². The molecule has 0 bridgehead atoms. The molecule has 1 atom stereocenters. The first kappa shape index (κ1) is 12.9. The lowest BCUT2D eigenvalue weighted by Crippen LogP contribution is -2.37. The van der Waals surface area contributed by atoms with Crippen LogP contribution in [0.25, 0.3) is 0 Å². The molecular weight excluding hydrogens is 232 g/mol. The molecule has 18 heavy (non-hydrogen) atoms. The molecule has 2 rings (SSSR count). The molecule has 3 N–H and O–H groups in total. The molecular formula is C11H20N6O. The number of nitrogens with zero attached hydrogens (tertiary/aromatic N) is 3. The molecule has 1 aromatic rings. The van der Waals surface area contributed by atoms with Gasteiger partial charge >= 0.3 is 0 Å². The van der Waals surface area contributed by atoms with E-state index in [2.05, 4.69) is 38.2 Å². The fourth-order valence-corrected chi connectivity index (χ4v) is 1.83. The maximum absolute atomic E-state index is 11.8. The van der Waals surface area contributed by atoms with Crippen molar-refractivity contribution >= 4 is 5.91 Å². The number of aromatic nitrogens is 4. The van der Waals surface area contributed by atoms with E-state index in [0.717, 1.165) is 25.3 Å². The van der Waals surface area contributed by atoms with Gasteiger partial charge in [-0.1, -0.05) is 18.6 Å². The first-order valence-electron chi connectivity index (χ1n) is 6.53. The Labute approximate surface area is 106 Å². The van der Waals surface area contributed by atoms with Crippen molar-refractivity contribution in [1.82, 2.24) is 31.3 Å². The van der Waals surface area contributed by atoms with Gasteiger partial charge in [-0.05, 0) is 31.7 Å². The van der Waals surface area contributed by atoms with Gasteiger partial charge in [0.15, 0.2) is 5.82 Å². The number of hydrogen-bond donors (Lipinski definition) is 3. The lowest BCUT2D eigenvalue weighted by Gasteiger charge is -2.14. The fraction of sp³-hybridized carbons (Fsp3) is 0.818. The molecule has 0 aromatic carbocycles. The van der Waals surface area contributed by atoms with E-state index in [9.17, 15) is 4.79 Å². The molecule has 1 saturated carbocycles. The van der Waals surface area contributed by atoms with Gasteiger partial charge < -0.3 is 10.6 Å². The standard InChI is InChI=1S/C11H20N6O/c1-2-3-9(11-14-16-17-15-11)13-10(18)7-12-6-8-4-5-8/h8-9,12H,2-7H2,1H3,(H,13,18)(H,14,15,16,17). The van der Waals surface area contributed by atoms with Crippen LogP contribution in [0.3, 0.4) is 0 Å². The van der Waals surface area contributed by atoms with Crippen molar-refractivity contribution in [3.63, 3.8) is 0 Å². The molecule has 0 saturated heterocycles. The maximum atomic E-state index is 11.8. The predicted octanol–water partition coefficient (Wildman–Crippen LogP) is 0.157. The van der Waals surface area contributed by atoms with Crippen molar-refractivity contribution < 1.29 is 4.79 Å². The van der Waals surface area contributed by atoms with Crippen molar-refractivity contribution in [2.75, 3.05) is 13.1 Å². The third-order valence-electron chi connectivity index (χ3n) is 3.00. The van der Waals surface area contributed by atoms with E-state index in [0.29, 0.717) is 12.4 Å². The van der Waals surface area contributed by atoms with Crippen LogP contribution >= 0.6 is 0 Å². The number of carbonyl (C=O) groups excluding carboxylic acids is 1. The first-order chi connectivity index (χ1) is 8.79. The van der Waals surface area contributed by atoms with Crippen molar-refractivity contribution in [3.05, 3.63) is 5.82 Å². The smallest absolute Gasteiger partial charge is 0.234 e. The van der Waals surface area contributed by atoms with Crippen molar-refractivity contribution in [3.8, 4) is 0 Å². The van der Waals surface area contributed by atoms with Gasteiger partial charge in [0.05, 0.1) is 12.6 Å². The molecule has 1 aliphatic carbocycles. The van der Waals surface area contributed by atoms with Gasteiger partial charge in [-0.3, -0.25) is 4.79 Å². The largest absolute Gasteiger partial charge is 0.345 e. The number of hydrogen-bond acceptors (Lipinski definition) is 5. The van der Waals surface area contributed by atoms with E-state index in [1.165, 1.54) is 12.8 Å². The second-order valence-corrected chi connectivity index (χ2v) is 4.75. The van der Waals surface area contributed by atoms with Gasteiger partial charge in [-0.2, -0.15) is 5.21 Å². The van der Waals surface area contributed by atoms with Gasteiger partial charge in [0.25, 0.3) is 0 Å². The van der Waals surface area contributed by atoms with Crippen LogP contribution in [0.5, 0.6) is 0 Å². The molecule has 1 unspecified atom stereocenters. The molecule has 1 fully saturated rings. The van der Waals surface area contributed by atoms with Gasteiger partial charge in [-0.25, -0.2) is 0 Å². The fourth-order valence-electron chi connectivity index (χ4n) is 1.83. The molecule has 1 aromatic heterocycles. The minimum atomic E-state index is -0.149. The average molecular weight is 252 g/mol. The first-order valence-corrected chi connectivity index (χ1v) is 6.53. The average Bonchev–Trinajstić information content (AvgIpc) is 3.01. The van der Waals surface area contributed by atoms with Crippen LogP contribution in [0, 0.1) is 5.92 Å². The Morgan fingerprint density at radius 1 is 1.56 bits per heavy atom. The summed E-state index contributed by atoms with van der Waals surface area (Å²) in [6, 6.07) is -0.149. The molecule has 7 nitrogen and oxygen atoms in total. The summed E-state index contributed by atoms with van der Waals surface area (Å²) in [7, 11) is 0. The van der Waals surface area contributed by atoms with E-state index < -0.39 is 0 Å². The highest BCUT2D eigenvalue weighted by Gasteiger charge is 2.21. The zero-order valence-corrected chi connectivity index (χ0v) is 10.6. The van der Waals surface area contributed by atoms with E-state index in [1.54, 1.807) is 0 Å². The minimum absolute atomic E-state index is 0.0149. The summed E-state index contributed by atoms with van der Waals surface area (Å²) < 4.78 is 0. The second kappa shape index (κ2) is 6.44. The summed E-state index contributed by atoms with van der Waals surface area (Å²) in [5.41, 5.74) is 0. The summed E-state index contributed by atoms with van der Waals surface area (Å²) in [6.45, 7) is 3.35. The Kier molecular flexibility index (Phi) is 4.63. The lowest BCUT2D eigenvalue weighted by atomic mass is 10.1. The van der Waals surface area contributed by atoms with Crippen LogP contribution in [0.15, 0.2) is 0 Å². The summed E-state index contributed by atoms with van der Waals surface area (Å²) in [6.07, 6.45) is 4.34. The third-order valence-corrected chi connectivity index (χ3v) is 3.00. The zero-order valence-electron chi connectivity index (χ0n) is 10.6. The van der Waals surface area contributed by atoms with E-state index in [4.69, 9.17) is 0 Å². The number of rotatable bonds is 8. The highest BCUT2D eigenvalue weighted by Crippen LogP contribution is 2.27. The predicted molar refractivity (Wildman–Crippen MR) is 65.6 cm³/mol. The number of H-pyrrole nitrogens is 1. The molecule has 1 amide bonds. The number of carbonyl (C=O) groups is 1. The van der Waals surface area contributed by atoms with Gasteiger partial charge in [-0.15, -0.1) is 10.2 Å². The topological polar surface area (TPSA) is 95.6 Å². The molecule has 1 aliphatic rings. The zero-order chi connectivity index (χ0) is 12.8. The highest BCUT2D eigenvalue weighted by atomic mass is 16.2. The van der Waals surface area contributed by atoms with E-state index in [-0.39, 0.29) is 11.9 Å². The SMILES string of the molecule is CCCC(NC(=O)CNCC1CC1)c1nn[nH]n1. The summed E-state index contributed by atoms with van der Waals surface area (Å²) in [5, 5.41) is 19.9. The second-order valence-electron chi connectivity index (χ2n) is 4.75.